The Labute approximate surface area is 120 Å². The largest absolute Gasteiger partial charge is 0.480 e. The lowest BCUT2D eigenvalue weighted by Crippen LogP contribution is -2.25. The highest BCUT2D eigenvalue weighted by Gasteiger charge is 2.18. The maximum absolute atomic E-state index is 11.9. The Bertz CT molecular complexity index is 704. The van der Waals surface area contributed by atoms with E-state index in [1.807, 2.05) is 0 Å². The molecule has 0 unspecified atom stereocenters. The molecule has 0 aliphatic heterocycles. The molecule has 0 radical (unpaired) electrons. The van der Waals surface area contributed by atoms with E-state index in [9.17, 15) is 9.59 Å². The van der Waals surface area contributed by atoms with Gasteiger partial charge in [-0.2, -0.15) is 5.10 Å². The van der Waals surface area contributed by atoms with Crippen LogP contribution in [0.4, 0.5) is 0 Å². The lowest BCUT2D eigenvalue weighted by molar-refractivity contribution is 0.0524. The number of aryl methyl sites for hydroxylation is 1. The summed E-state index contributed by atoms with van der Waals surface area (Å²) in [4.78, 5) is 23.7. The fourth-order valence-electron chi connectivity index (χ4n) is 1.82. The number of methoxy groups -OCH3 is 1. The number of carbonyl (C=O) groups is 1. The second kappa shape index (κ2) is 6.21. The maximum atomic E-state index is 11.9. The van der Waals surface area contributed by atoms with Crippen LogP contribution in [0.15, 0.2) is 23.1 Å². The topological polar surface area (TPSA) is 88.2 Å². The molecule has 2 rings (SSSR count). The number of carbonyl (C=O) groups excluding carboxylic acids is 1. The molecule has 0 fully saturated rings. The minimum absolute atomic E-state index is 0.0979. The first-order valence-electron chi connectivity index (χ1n) is 6.37. The van der Waals surface area contributed by atoms with Gasteiger partial charge in [-0.25, -0.2) is 9.48 Å². The van der Waals surface area contributed by atoms with Crippen LogP contribution in [0.25, 0.3) is 0 Å². The van der Waals surface area contributed by atoms with Crippen LogP contribution < -0.4 is 10.3 Å². The van der Waals surface area contributed by atoms with Gasteiger partial charge < -0.3 is 9.47 Å². The third-order valence-corrected chi connectivity index (χ3v) is 2.91. The molecule has 0 bridgehead atoms. The number of hydrogen-bond donors (Lipinski definition) is 0. The third kappa shape index (κ3) is 3.10. The van der Waals surface area contributed by atoms with Crippen molar-refractivity contribution < 1.29 is 14.3 Å². The number of rotatable bonds is 5. The van der Waals surface area contributed by atoms with Crippen LogP contribution in [-0.4, -0.2) is 39.2 Å². The van der Waals surface area contributed by atoms with Crippen molar-refractivity contribution in [3.05, 3.63) is 39.9 Å². The summed E-state index contributed by atoms with van der Waals surface area (Å²) in [5.41, 5.74) is 0.555. The van der Waals surface area contributed by atoms with E-state index in [-0.39, 0.29) is 18.7 Å². The molecule has 2 aromatic rings. The zero-order valence-corrected chi connectivity index (χ0v) is 12.1. The van der Waals surface area contributed by atoms with E-state index in [0.717, 1.165) is 0 Å². The van der Waals surface area contributed by atoms with Crippen LogP contribution in [0.5, 0.6) is 5.88 Å². The second-order valence-electron chi connectivity index (χ2n) is 4.22. The van der Waals surface area contributed by atoms with Crippen molar-refractivity contribution >= 4 is 5.97 Å². The van der Waals surface area contributed by atoms with Gasteiger partial charge in [0.2, 0.25) is 5.88 Å². The van der Waals surface area contributed by atoms with Crippen molar-refractivity contribution in [1.29, 1.82) is 0 Å². The van der Waals surface area contributed by atoms with Gasteiger partial charge >= 0.3 is 5.97 Å². The molecule has 21 heavy (non-hydrogen) atoms. The highest BCUT2D eigenvalue weighted by molar-refractivity contribution is 5.90. The first-order chi connectivity index (χ1) is 10.1. The Balaban J connectivity index is 2.38. The Kier molecular flexibility index (Phi) is 4.36. The summed E-state index contributed by atoms with van der Waals surface area (Å²) in [5, 5.41) is 8.07. The number of nitrogens with zero attached hydrogens (tertiary/aromatic N) is 4. The Hall–Kier alpha value is -2.64. The molecule has 8 heteroatoms. The van der Waals surface area contributed by atoms with Crippen LogP contribution in [-0.2, 0) is 18.3 Å². The van der Waals surface area contributed by atoms with Gasteiger partial charge in [-0.15, -0.1) is 5.10 Å². The smallest absolute Gasteiger partial charge is 0.341 e. The van der Waals surface area contributed by atoms with Crippen molar-refractivity contribution in [2.75, 3.05) is 13.7 Å². The number of esters is 1. The van der Waals surface area contributed by atoms with Crippen LogP contribution in [0.3, 0.4) is 0 Å². The quantitative estimate of drug-likeness (QED) is 0.732. The summed E-state index contributed by atoms with van der Waals surface area (Å²) < 4.78 is 12.7. The molecule has 0 saturated carbocycles. The van der Waals surface area contributed by atoms with E-state index < -0.39 is 5.97 Å². The molecule has 0 atom stereocenters. The summed E-state index contributed by atoms with van der Waals surface area (Å²) in [6, 6.07) is 2.83. The summed E-state index contributed by atoms with van der Waals surface area (Å²) in [6.45, 7) is 2.09. The Morgan fingerprint density at radius 2 is 2.14 bits per heavy atom. The second-order valence-corrected chi connectivity index (χ2v) is 4.22. The summed E-state index contributed by atoms with van der Waals surface area (Å²) in [6.07, 6.45) is 1.42. The van der Waals surface area contributed by atoms with E-state index in [0.29, 0.717) is 17.1 Å². The van der Waals surface area contributed by atoms with Crippen LogP contribution in [0.1, 0.15) is 23.0 Å². The van der Waals surface area contributed by atoms with Gasteiger partial charge in [0.05, 0.1) is 32.2 Å². The maximum Gasteiger partial charge on any atom is 0.341 e. The first-order valence-corrected chi connectivity index (χ1v) is 6.37. The van der Waals surface area contributed by atoms with Crippen molar-refractivity contribution in [2.45, 2.75) is 13.5 Å². The molecule has 0 aliphatic rings. The monoisotopic (exact) mass is 292 g/mol. The normalized spacial score (nSPS) is 10.4. The van der Waals surface area contributed by atoms with Crippen molar-refractivity contribution in [2.24, 2.45) is 7.05 Å². The number of ether oxygens (including phenoxy) is 2. The molecule has 0 amide bonds. The minimum Gasteiger partial charge on any atom is -0.480 e. The van der Waals surface area contributed by atoms with Crippen LogP contribution in [0.2, 0.25) is 0 Å². The molecule has 2 heterocycles. The van der Waals surface area contributed by atoms with Crippen molar-refractivity contribution in [3.8, 4) is 5.88 Å². The first kappa shape index (κ1) is 14.8. The van der Waals surface area contributed by atoms with E-state index in [1.165, 1.54) is 34.8 Å². The summed E-state index contributed by atoms with van der Waals surface area (Å²) in [7, 11) is 3.15. The zero-order chi connectivity index (χ0) is 15.4. The molecular weight excluding hydrogens is 276 g/mol. The molecule has 0 spiro atoms. The van der Waals surface area contributed by atoms with Gasteiger partial charge in [0.15, 0.2) is 0 Å². The van der Waals surface area contributed by atoms with Crippen LogP contribution >= 0.6 is 0 Å². The van der Waals surface area contributed by atoms with Crippen molar-refractivity contribution in [1.82, 2.24) is 19.6 Å². The fourth-order valence-corrected chi connectivity index (χ4v) is 1.82. The van der Waals surface area contributed by atoms with E-state index >= 15 is 0 Å². The predicted molar refractivity (Wildman–Crippen MR) is 73.3 cm³/mol. The molecule has 8 nitrogen and oxygen atoms in total. The van der Waals surface area contributed by atoms with E-state index in [2.05, 4.69) is 10.2 Å². The molecule has 0 N–H and O–H groups in total. The average molecular weight is 292 g/mol. The molecule has 0 aromatic carbocycles. The van der Waals surface area contributed by atoms with Gasteiger partial charge in [-0.05, 0) is 6.92 Å². The Morgan fingerprint density at radius 3 is 2.81 bits per heavy atom. The fraction of sp³-hybridized carbons (Fsp3) is 0.385. The summed E-state index contributed by atoms with van der Waals surface area (Å²) in [5.74, 6) is -0.161. The van der Waals surface area contributed by atoms with Gasteiger partial charge in [0.1, 0.15) is 5.56 Å². The summed E-state index contributed by atoms with van der Waals surface area (Å²) >= 11 is 0. The average Bonchev–Trinajstić information content (AvgIpc) is 2.83. The Morgan fingerprint density at radius 1 is 1.38 bits per heavy atom. The van der Waals surface area contributed by atoms with Gasteiger partial charge in [-0.1, -0.05) is 0 Å². The zero-order valence-electron chi connectivity index (χ0n) is 12.1. The van der Waals surface area contributed by atoms with Gasteiger partial charge in [0.25, 0.3) is 5.56 Å². The predicted octanol–water partition coefficient (Wildman–Crippen LogP) is 0.210. The lowest BCUT2D eigenvalue weighted by Gasteiger charge is -2.08. The molecule has 0 saturated heterocycles. The SMILES string of the molecule is CCOC(=O)c1cnn(C)c1Cn1nc(OC)ccc1=O. The highest BCUT2D eigenvalue weighted by Crippen LogP contribution is 2.11. The third-order valence-electron chi connectivity index (χ3n) is 2.91. The van der Waals surface area contributed by atoms with E-state index in [4.69, 9.17) is 9.47 Å². The highest BCUT2D eigenvalue weighted by atomic mass is 16.5. The van der Waals surface area contributed by atoms with Crippen molar-refractivity contribution in [3.63, 3.8) is 0 Å². The molecule has 112 valence electrons. The molecule has 0 aliphatic carbocycles. The lowest BCUT2D eigenvalue weighted by atomic mass is 10.2. The molecule has 2 aromatic heterocycles. The van der Waals surface area contributed by atoms with Crippen LogP contribution in [0, 0.1) is 0 Å². The number of aromatic nitrogens is 4. The standard InChI is InChI=1S/C13H16N4O4/c1-4-21-13(19)9-7-14-16(2)10(9)8-17-12(18)6-5-11(15-17)20-3/h5-7H,4,8H2,1-3H3. The van der Waals surface area contributed by atoms with Gasteiger partial charge in [0, 0.05) is 19.2 Å². The molecular formula is C13H16N4O4. The van der Waals surface area contributed by atoms with Gasteiger partial charge in [-0.3, -0.25) is 9.48 Å². The minimum atomic E-state index is -0.475. The number of hydrogen-bond acceptors (Lipinski definition) is 6. The van der Waals surface area contributed by atoms with E-state index in [1.54, 1.807) is 14.0 Å².